The molecule has 1 heterocycles. The third-order valence-electron chi connectivity index (χ3n) is 6.52. The monoisotopic (exact) mass is 428 g/mol. The van der Waals surface area contributed by atoms with E-state index >= 15 is 0 Å². The van der Waals surface area contributed by atoms with Gasteiger partial charge in [-0.2, -0.15) is 0 Å². The van der Waals surface area contributed by atoms with Gasteiger partial charge in [0.25, 0.3) is 0 Å². The van der Waals surface area contributed by atoms with Gasteiger partial charge < -0.3 is 0 Å². The van der Waals surface area contributed by atoms with Crippen LogP contribution in [0.3, 0.4) is 0 Å². The van der Waals surface area contributed by atoms with Gasteiger partial charge in [0, 0.05) is 24.3 Å². The molecule has 0 atom stereocenters. The third kappa shape index (κ3) is 6.07. The topological polar surface area (TPSA) is 16.1 Å². The summed E-state index contributed by atoms with van der Waals surface area (Å²) in [5.41, 5.74) is 10.6. The van der Waals surface area contributed by atoms with Gasteiger partial charge in [-0.25, -0.2) is 0 Å². The van der Waals surface area contributed by atoms with Crippen LogP contribution in [-0.4, -0.2) is 16.4 Å². The Kier molecular flexibility index (Phi) is 9.05. The zero-order valence-electron chi connectivity index (χ0n) is 20.7. The van der Waals surface area contributed by atoms with Crippen molar-refractivity contribution in [3.63, 3.8) is 0 Å². The summed E-state index contributed by atoms with van der Waals surface area (Å²) in [7, 11) is 0. The summed E-state index contributed by atoms with van der Waals surface area (Å²) >= 11 is 0. The molecule has 0 amide bonds. The van der Waals surface area contributed by atoms with E-state index < -0.39 is 0 Å². The summed E-state index contributed by atoms with van der Waals surface area (Å²) in [6.07, 6.45) is 5.86. The average Bonchev–Trinajstić information content (AvgIpc) is 2.81. The smallest absolute Gasteiger partial charge is 0.0713 e. The SMILES string of the molecule is CCCCCN(Cc1ccccc1)Cc1c(C)cc(-c2c(CC)cccc2CC)nc1C. The van der Waals surface area contributed by atoms with Crippen molar-refractivity contribution in [2.75, 3.05) is 6.54 Å². The van der Waals surface area contributed by atoms with Crippen molar-refractivity contribution in [1.29, 1.82) is 0 Å². The molecule has 1 aromatic heterocycles. The van der Waals surface area contributed by atoms with Gasteiger partial charge in [-0.15, -0.1) is 0 Å². The normalized spacial score (nSPS) is 11.3. The Morgan fingerprint density at radius 2 is 1.47 bits per heavy atom. The van der Waals surface area contributed by atoms with E-state index in [1.165, 1.54) is 58.3 Å². The molecule has 0 fully saturated rings. The molecule has 0 aliphatic rings. The lowest BCUT2D eigenvalue weighted by atomic mass is 9.93. The summed E-state index contributed by atoms with van der Waals surface area (Å²) < 4.78 is 0. The number of aromatic nitrogens is 1. The van der Waals surface area contributed by atoms with Crippen LogP contribution in [0.5, 0.6) is 0 Å². The largest absolute Gasteiger partial charge is 0.295 e. The number of unbranched alkanes of at least 4 members (excludes halogenated alkanes) is 2. The first-order valence-electron chi connectivity index (χ1n) is 12.4. The molecule has 3 rings (SSSR count). The Morgan fingerprint density at radius 3 is 2.06 bits per heavy atom. The Balaban J connectivity index is 1.91. The second kappa shape index (κ2) is 12.0. The first-order chi connectivity index (χ1) is 15.6. The molecule has 0 bridgehead atoms. The van der Waals surface area contributed by atoms with E-state index in [2.05, 4.69) is 94.1 Å². The molecule has 2 nitrogen and oxygen atoms in total. The van der Waals surface area contributed by atoms with Crippen molar-refractivity contribution in [2.24, 2.45) is 0 Å². The number of pyridine rings is 1. The second-order valence-corrected chi connectivity index (χ2v) is 8.95. The minimum Gasteiger partial charge on any atom is -0.295 e. The lowest BCUT2D eigenvalue weighted by molar-refractivity contribution is 0.249. The van der Waals surface area contributed by atoms with Crippen LogP contribution in [0.1, 0.15) is 73.5 Å². The van der Waals surface area contributed by atoms with Crippen LogP contribution in [0.2, 0.25) is 0 Å². The Labute approximate surface area is 195 Å². The van der Waals surface area contributed by atoms with Gasteiger partial charge in [-0.3, -0.25) is 9.88 Å². The quantitative estimate of drug-likeness (QED) is 0.291. The highest BCUT2D eigenvalue weighted by Crippen LogP contribution is 2.30. The van der Waals surface area contributed by atoms with Gasteiger partial charge in [-0.1, -0.05) is 82.1 Å². The van der Waals surface area contributed by atoms with E-state index in [1.807, 2.05) is 0 Å². The van der Waals surface area contributed by atoms with Crippen LogP contribution in [0.15, 0.2) is 54.6 Å². The molecule has 0 aliphatic carbocycles. The van der Waals surface area contributed by atoms with Crippen molar-refractivity contribution in [3.8, 4) is 11.3 Å². The molecule has 0 radical (unpaired) electrons. The highest BCUT2D eigenvalue weighted by atomic mass is 15.1. The molecule has 2 aromatic carbocycles. The molecule has 0 saturated carbocycles. The van der Waals surface area contributed by atoms with E-state index in [0.29, 0.717) is 0 Å². The number of aryl methyl sites for hydroxylation is 4. The van der Waals surface area contributed by atoms with Crippen molar-refractivity contribution >= 4 is 0 Å². The number of nitrogens with zero attached hydrogens (tertiary/aromatic N) is 2. The van der Waals surface area contributed by atoms with Gasteiger partial charge in [-0.05, 0) is 73.5 Å². The molecule has 3 aromatic rings. The van der Waals surface area contributed by atoms with Crippen molar-refractivity contribution in [3.05, 3.63) is 88.1 Å². The Bertz CT molecular complexity index is 946. The predicted octanol–water partition coefficient (Wildman–Crippen LogP) is 7.68. The molecular weight excluding hydrogens is 388 g/mol. The molecule has 0 unspecified atom stereocenters. The van der Waals surface area contributed by atoms with Crippen LogP contribution < -0.4 is 0 Å². The first-order valence-corrected chi connectivity index (χ1v) is 12.4. The molecule has 0 saturated heterocycles. The first kappa shape index (κ1) is 24.2. The standard InChI is InChI=1S/C30H40N2/c1-6-9-13-19-32(21-25-15-11-10-12-16-25)22-28-23(4)20-29(31-24(28)5)30-26(7-2)17-14-18-27(30)8-3/h10-12,14-18,20H,6-9,13,19,21-22H2,1-5H3. The summed E-state index contributed by atoms with van der Waals surface area (Å²) in [5.74, 6) is 0. The van der Waals surface area contributed by atoms with E-state index in [9.17, 15) is 0 Å². The fourth-order valence-corrected chi connectivity index (χ4v) is 4.66. The highest BCUT2D eigenvalue weighted by molar-refractivity contribution is 5.69. The number of hydrogen-bond acceptors (Lipinski definition) is 2. The summed E-state index contributed by atoms with van der Waals surface area (Å²) in [5, 5.41) is 0. The second-order valence-electron chi connectivity index (χ2n) is 8.95. The molecule has 170 valence electrons. The molecule has 2 heteroatoms. The Hall–Kier alpha value is -2.45. The van der Waals surface area contributed by atoms with Gasteiger partial charge in [0.05, 0.1) is 5.69 Å². The van der Waals surface area contributed by atoms with Gasteiger partial charge in [0.15, 0.2) is 0 Å². The van der Waals surface area contributed by atoms with Crippen LogP contribution in [-0.2, 0) is 25.9 Å². The average molecular weight is 429 g/mol. The van der Waals surface area contributed by atoms with Crippen molar-refractivity contribution < 1.29 is 0 Å². The van der Waals surface area contributed by atoms with E-state index in [4.69, 9.17) is 4.98 Å². The van der Waals surface area contributed by atoms with Crippen LogP contribution >= 0.6 is 0 Å². The lowest BCUT2D eigenvalue weighted by Gasteiger charge is -2.25. The maximum Gasteiger partial charge on any atom is 0.0713 e. The van der Waals surface area contributed by atoms with Gasteiger partial charge in [0.2, 0.25) is 0 Å². The van der Waals surface area contributed by atoms with Gasteiger partial charge in [0.1, 0.15) is 0 Å². The minimum atomic E-state index is 0.958. The van der Waals surface area contributed by atoms with Crippen molar-refractivity contribution in [2.45, 2.75) is 79.8 Å². The predicted molar refractivity (Wildman–Crippen MR) is 138 cm³/mol. The molecule has 32 heavy (non-hydrogen) atoms. The van der Waals surface area contributed by atoms with Gasteiger partial charge >= 0.3 is 0 Å². The molecule has 0 aliphatic heterocycles. The zero-order chi connectivity index (χ0) is 22.9. The number of benzene rings is 2. The third-order valence-corrected chi connectivity index (χ3v) is 6.52. The molecular formula is C30H40N2. The Morgan fingerprint density at radius 1 is 0.781 bits per heavy atom. The van der Waals surface area contributed by atoms with Crippen LogP contribution in [0.4, 0.5) is 0 Å². The summed E-state index contributed by atoms with van der Waals surface area (Å²) in [6.45, 7) is 14.3. The fourth-order valence-electron chi connectivity index (χ4n) is 4.66. The number of rotatable bonds is 11. The summed E-state index contributed by atoms with van der Waals surface area (Å²) in [6, 6.07) is 19.9. The zero-order valence-corrected chi connectivity index (χ0v) is 20.7. The van der Waals surface area contributed by atoms with Crippen molar-refractivity contribution in [1.82, 2.24) is 9.88 Å². The van der Waals surface area contributed by atoms with Crippen LogP contribution in [0, 0.1) is 13.8 Å². The number of hydrogen-bond donors (Lipinski definition) is 0. The maximum atomic E-state index is 5.15. The lowest BCUT2D eigenvalue weighted by Crippen LogP contribution is -2.25. The van der Waals surface area contributed by atoms with Crippen LogP contribution in [0.25, 0.3) is 11.3 Å². The highest BCUT2D eigenvalue weighted by Gasteiger charge is 2.16. The minimum absolute atomic E-state index is 0.958. The molecule has 0 N–H and O–H groups in total. The molecule has 0 spiro atoms. The van der Waals surface area contributed by atoms with E-state index in [0.717, 1.165) is 38.2 Å². The maximum absolute atomic E-state index is 5.15. The van der Waals surface area contributed by atoms with E-state index in [1.54, 1.807) is 0 Å². The fraction of sp³-hybridized carbons (Fsp3) is 0.433. The summed E-state index contributed by atoms with van der Waals surface area (Å²) in [4.78, 5) is 7.75. The van der Waals surface area contributed by atoms with E-state index in [-0.39, 0.29) is 0 Å².